The number of likely N-dealkylation sites (N-methyl/N-ethyl adjacent to an activating group) is 1. The molecule has 0 spiro atoms. The molecule has 1 heterocycles. The Balaban J connectivity index is 0.00000256. The van der Waals surface area contributed by atoms with Crippen LogP contribution in [0, 0.1) is 0 Å². The topological polar surface area (TPSA) is 36.4 Å². The normalized spacial score (nSPS) is 11.1. The van der Waals surface area contributed by atoms with Crippen molar-refractivity contribution >= 4 is 55.8 Å². The Hall–Kier alpha value is -2.47. The highest BCUT2D eigenvalue weighted by Gasteiger charge is 2.23. The highest BCUT2D eigenvalue weighted by atomic mass is 35.5. The molecule has 0 aliphatic carbocycles. The molecule has 0 fully saturated rings. The second kappa shape index (κ2) is 9.56. The van der Waals surface area contributed by atoms with Crippen molar-refractivity contribution in [1.29, 1.82) is 0 Å². The van der Waals surface area contributed by atoms with Crippen LogP contribution < -0.4 is 4.90 Å². The first kappa shape index (κ1) is 22.2. The van der Waals surface area contributed by atoms with Gasteiger partial charge in [0.05, 0.1) is 10.2 Å². The van der Waals surface area contributed by atoms with E-state index < -0.39 is 0 Å². The fourth-order valence-electron chi connectivity index (χ4n) is 3.43. The largest absolute Gasteiger partial charge is 0.308 e. The van der Waals surface area contributed by atoms with Crippen LogP contribution in [-0.2, 0) is 6.42 Å². The average molecular weight is 440 g/mol. The Labute approximate surface area is 187 Å². The molecule has 0 aliphatic heterocycles. The van der Waals surface area contributed by atoms with E-state index in [9.17, 15) is 4.79 Å². The van der Waals surface area contributed by atoms with E-state index in [0.29, 0.717) is 6.54 Å². The first-order valence-electron chi connectivity index (χ1n) is 9.90. The van der Waals surface area contributed by atoms with Gasteiger partial charge in [-0.15, -0.1) is 12.4 Å². The lowest BCUT2D eigenvalue weighted by atomic mass is 10.0. The first-order chi connectivity index (χ1) is 14.1. The minimum atomic E-state index is -0.00146. The lowest BCUT2D eigenvalue weighted by molar-refractivity contribution is 0.0987. The molecule has 0 aliphatic rings. The van der Waals surface area contributed by atoms with Crippen LogP contribution in [0.15, 0.2) is 60.7 Å². The zero-order valence-electron chi connectivity index (χ0n) is 17.5. The molecule has 0 saturated heterocycles. The number of anilines is 1. The lowest BCUT2D eigenvalue weighted by Crippen LogP contribution is -2.36. The summed E-state index contributed by atoms with van der Waals surface area (Å²) in [7, 11) is 4.04. The second-order valence-electron chi connectivity index (χ2n) is 7.44. The standard InChI is InChI=1S/C24H25N3OS.ClH/c1-4-17-12-13-21-22(16-17)29-24(25-21)27(15-14-26(2)3)23(28)20-11-7-9-18-8-5-6-10-19(18)20;/h5-13,16H,4,14-15H2,1-3H3;1H. The molecule has 156 valence electrons. The molecular weight excluding hydrogens is 414 g/mol. The molecule has 0 radical (unpaired) electrons. The maximum atomic E-state index is 13.6. The van der Waals surface area contributed by atoms with E-state index >= 15 is 0 Å². The van der Waals surface area contributed by atoms with E-state index in [4.69, 9.17) is 4.98 Å². The van der Waals surface area contributed by atoms with Crippen molar-refractivity contribution < 1.29 is 4.79 Å². The summed E-state index contributed by atoms with van der Waals surface area (Å²) >= 11 is 1.59. The Morgan fingerprint density at radius 2 is 1.77 bits per heavy atom. The summed E-state index contributed by atoms with van der Waals surface area (Å²) in [6, 6.07) is 20.3. The van der Waals surface area contributed by atoms with E-state index in [2.05, 4.69) is 30.0 Å². The van der Waals surface area contributed by atoms with Gasteiger partial charge in [-0.05, 0) is 55.1 Å². The number of benzene rings is 3. The summed E-state index contributed by atoms with van der Waals surface area (Å²) in [4.78, 5) is 22.4. The number of hydrogen-bond donors (Lipinski definition) is 0. The highest BCUT2D eigenvalue weighted by Crippen LogP contribution is 2.31. The van der Waals surface area contributed by atoms with Crippen molar-refractivity contribution in [2.75, 3.05) is 32.1 Å². The molecule has 0 N–H and O–H groups in total. The van der Waals surface area contributed by atoms with E-state index in [1.165, 1.54) is 5.56 Å². The molecule has 3 aromatic carbocycles. The van der Waals surface area contributed by atoms with Crippen LogP contribution in [0.5, 0.6) is 0 Å². The summed E-state index contributed by atoms with van der Waals surface area (Å²) in [5.74, 6) is -0.00146. The number of carbonyl (C=O) groups excluding carboxylic acids is 1. The average Bonchev–Trinajstić information content (AvgIpc) is 3.15. The predicted molar refractivity (Wildman–Crippen MR) is 130 cm³/mol. The smallest absolute Gasteiger partial charge is 0.260 e. The molecule has 6 heteroatoms. The maximum Gasteiger partial charge on any atom is 0.260 e. The summed E-state index contributed by atoms with van der Waals surface area (Å²) in [6.07, 6.45) is 0.989. The van der Waals surface area contributed by atoms with Gasteiger partial charge < -0.3 is 4.90 Å². The van der Waals surface area contributed by atoms with Crippen LogP contribution in [0.1, 0.15) is 22.8 Å². The minimum absolute atomic E-state index is 0. The fraction of sp³-hybridized carbons (Fsp3) is 0.250. The van der Waals surface area contributed by atoms with Crippen LogP contribution in [0.2, 0.25) is 0 Å². The number of fused-ring (bicyclic) bond motifs is 2. The zero-order chi connectivity index (χ0) is 20.4. The Kier molecular flexibility index (Phi) is 7.08. The van der Waals surface area contributed by atoms with Gasteiger partial charge in [0.15, 0.2) is 5.13 Å². The van der Waals surface area contributed by atoms with Crippen LogP contribution in [0.3, 0.4) is 0 Å². The third kappa shape index (κ3) is 4.48. The van der Waals surface area contributed by atoms with Gasteiger partial charge in [-0.2, -0.15) is 0 Å². The van der Waals surface area contributed by atoms with Gasteiger partial charge >= 0.3 is 0 Å². The number of hydrogen-bond acceptors (Lipinski definition) is 4. The van der Waals surface area contributed by atoms with Crippen LogP contribution >= 0.6 is 23.7 Å². The van der Waals surface area contributed by atoms with Gasteiger partial charge in [-0.3, -0.25) is 9.69 Å². The van der Waals surface area contributed by atoms with Crippen molar-refractivity contribution in [3.8, 4) is 0 Å². The zero-order valence-corrected chi connectivity index (χ0v) is 19.1. The van der Waals surface area contributed by atoms with Crippen molar-refractivity contribution in [3.05, 3.63) is 71.8 Å². The van der Waals surface area contributed by atoms with Gasteiger partial charge in [-0.1, -0.05) is 60.7 Å². The first-order valence-corrected chi connectivity index (χ1v) is 10.7. The van der Waals surface area contributed by atoms with E-state index in [-0.39, 0.29) is 18.3 Å². The Bertz CT molecular complexity index is 1170. The number of carbonyl (C=O) groups is 1. The van der Waals surface area contributed by atoms with Crippen molar-refractivity contribution in [3.63, 3.8) is 0 Å². The minimum Gasteiger partial charge on any atom is -0.308 e. The molecule has 0 unspecified atom stereocenters. The SMILES string of the molecule is CCc1ccc2nc(N(CCN(C)C)C(=O)c3cccc4ccccc34)sc2c1.Cl. The maximum absolute atomic E-state index is 13.6. The molecule has 4 nitrogen and oxygen atoms in total. The number of aryl methyl sites for hydroxylation is 1. The molecule has 30 heavy (non-hydrogen) atoms. The Morgan fingerprint density at radius 1 is 1.00 bits per heavy atom. The number of halogens is 1. The third-order valence-electron chi connectivity index (χ3n) is 5.12. The van der Waals surface area contributed by atoms with Gasteiger partial charge in [0.2, 0.25) is 0 Å². The quantitative estimate of drug-likeness (QED) is 0.390. The number of rotatable bonds is 6. The van der Waals surface area contributed by atoms with Crippen molar-refractivity contribution in [1.82, 2.24) is 9.88 Å². The fourth-order valence-corrected chi connectivity index (χ4v) is 4.49. The van der Waals surface area contributed by atoms with Gasteiger partial charge in [0.1, 0.15) is 0 Å². The number of aromatic nitrogens is 1. The highest BCUT2D eigenvalue weighted by molar-refractivity contribution is 7.22. The predicted octanol–water partition coefficient (Wildman–Crippen LogP) is 5.64. The number of thiazole rings is 1. The number of nitrogens with zero attached hydrogens (tertiary/aromatic N) is 3. The van der Waals surface area contributed by atoms with Crippen molar-refractivity contribution in [2.45, 2.75) is 13.3 Å². The van der Waals surface area contributed by atoms with E-state index in [0.717, 1.165) is 44.6 Å². The molecule has 4 rings (SSSR count). The van der Waals surface area contributed by atoms with Gasteiger partial charge in [-0.25, -0.2) is 4.98 Å². The molecule has 1 amide bonds. The van der Waals surface area contributed by atoms with E-state index in [1.54, 1.807) is 11.3 Å². The molecule has 0 bridgehead atoms. The summed E-state index contributed by atoms with van der Waals surface area (Å²) in [6.45, 7) is 3.51. The van der Waals surface area contributed by atoms with Gasteiger partial charge in [0.25, 0.3) is 5.91 Å². The Morgan fingerprint density at radius 3 is 2.53 bits per heavy atom. The lowest BCUT2D eigenvalue weighted by Gasteiger charge is -2.22. The third-order valence-corrected chi connectivity index (χ3v) is 6.16. The van der Waals surface area contributed by atoms with Crippen LogP contribution in [-0.4, -0.2) is 43.0 Å². The molecule has 1 aromatic heterocycles. The van der Waals surface area contributed by atoms with Gasteiger partial charge in [0, 0.05) is 18.7 Å². The molecule has 4 aromatic rings. The molecule has 0 atom stereocenters. The summed E-state index contributed by atoms with van der Waals surface area (Å²) in [5.41, 5.74) is 2.95. The van der Waals surface area contributed by atoms with E-state index in [1.807, 2.05) is 61.5 Å². The summed E-state index contributed by atoms with van der Waals surface area (Å²) in [5, 5.41) is 2.81. The monoisotopic (exact) mass is 439 g/mol. The molecular formula is C24H26ClN3OS. The summed E-state index contributed by atoms with van der Waals surface area (Å²) < 4.78 is 1.12. The number of amides is 1. The molecule has 0 saturated carbocycles. The second-order valence-corrected chi connectivity index (χ2v) is 8.45. The van der Waals surface area contributed by atoms with Crippen molar-refractivity contribution in [2.24, 2.45) is 0 Å². The van der Waals surface area contributed by atoms with Crippen LogP contribution in [0.4, 0.5) is 5.13 Å². The van der Waals surface area contributed by atoms with Crippen LogP contribution in [0.25, 0.3) is 21.0 Å².